The van der Waals surface area contributed by atoms with E-state index in [9.17, 15) is 39.9 Å². The molecule has 0 radical (unpaired) electrons. The molecule has 7 atom stereocenters. The lowest BCUT2D eigenvalue weighted by Crippen LogP contribution is -2.68. The number of carboxylic acid groups (broad SMARTS) is 1. The number of halogens is 1. The van der Waals surface area contributed by atoms with Crippen LogP contribution >= 0.6 is 11.6 Å². The number of aliphatic hydroxyl groups is 5. The molecule has 0 saturated carbocycles. The Labute approximate surface area is 216 Å². The van der Waals surface area contributed by atoms with Crippen molar-refractivity contribution in [3.63, 3.8) is 0 Å². The Morgan fingerprint density at radius 3 is 2.41 bits per heavy atom. The van der Waals surface area contributed by atoms with Crippen LogP contribution in [0.4, 0.5) is 0 Å². The number of hydrogen-bond acceptors (Lipinski definition) is 11. The number of carboxylic acids is 1. The van der Waals surface area contributed by atoms with Crippen molar-refractivity contribution in [3.8, 4) is 0 Å². The molecule has 0 aromatic heterocycles. The van der Waals surface area contributed by atoms with Crippen LogP contribution in [0.15, 0.2) is 24.3 Å². The van der Waals surface area contributed by atoms with E-state index in [1.807, 2.05) is 0 Å². The normalized spacial score (nSPS) is 26.1. The highest BCUT2D eigenvalue weighted by atomic mass is 35.5. The highest BCUT2D eigenvalue weighted by Gasteiger charge is 2.56. The Morgan fingerprint density at radius 1 is 1.19 bits per heavy atom. The van der Waals surface area contributed by atoms with E-state index in [1.54, 1.807) is 24.3 Å². The van der Waals surface area contributed by atoms with E-state index in [0.717, 1.165) is 0 Å². The summed E-state index contributed by atoms with van der Waals surface area (Å²) in [6.07, 6.45) is -9.26. The molecule has 0 bridgehead atoms. The first-order chi connectivity index (χ1) is 17.4. The van der Waals surface area contributed by atoms with E-state index < -0.39 is 86.3 Å². The highest BCUT2D eigenvalue weighted by Crippen LogP contribution is 2.33. The molecule has 208 valence electrons. The van der Waals surface area contributed by atoms with Gasteiger partial charge < -0.3 is 56.5 Å². The van der Waals surface area contributed by atoms with Gasteiger partial charge in [0.25, 0.3) is 5.79 Å². The third kappa shape index (κ3) is 8.56. The van der Waals surface area contributed by atoms with Gasteiger partial charge in [-0.05, 0) is 17.7 Å². The lowest BCUT2D eigenvalue weighted by atomic mass is 9.88. The monoisotopic (exact) mass is 549 g/mol. The highest BCUT2D eigenvalue weighted by molar-refractivity contribution is 6.30. The molecule has 1 unspecified atom stereocenters. The van der Waals surface area contributed by atoms with Crippen LogP contribution in [0, 0.1) is 0 Å². The zero-order valence-electron chi connectivity index (χ0n) is 19.7. The first-order valence-electron chi connectivity index (χ1n) is 11.3. The maximum absolute atomic E-state index is 12.2. The van der Waals surface area contributed by atoms with Crippen LogP contribution in [0.2, 0.25) is 5.02 Å². The van der Waals surface area contributed by atoms with E-state index in [1.165, 1.54) is 0 Å². The minimum Gasteiger partial charge on any atom is -0.477 e. The van der Waals surface area contributed by atoms with Crippen LogP contribution in [-0.2, 0) is 30.3 Å². The summed E-state index contributed by atoms with van der Waals surface area (Å²) in [7, 11) is 0. The Hall–Kier alpha value is -2.40. The second-order valence-electron chi connectivity index (χ2n) is 8.53. The fourth-order valence-electron chi connectivity index (χ4n) is 3.65. The largest absolute Gasteiger partial charge is 0.477 e. The average molecular weight is 550 g/mol. The summed E-state index contributed by atoms with van der Waals surface area (Å²) in [5, 5.41) is 65.6. The molecular weight excluding hydrogens is 518 g/mol. The first kappa shape index (κ1) is 30.8. The van der Waals surface area contributed by atoms with Crippen molar-refractivity contribution in [1.29, 1.82) is 0 Å². The van der Waals surface area contributed by atoms with Gasteiger partial charge in [0.1, 0.15) is 18.8 Å². The van der Waals surface area contributed by atoms with Gasteiger partial charge in [-0.2, -0.15) is 0 Å². The van der Waals surface area contributed by atoms with Gasteiger partial charge >= 0.3 is 5.97 Å². The maximum Gasteiger partial charge on any atom is 0.364 e. The standard InChI is InChI=1S/C22H32ClN3O11/c23-12-3-1-11(2-4-12)5-16(31)25-8-15(30)19(33)20-18(26-17(32)9-27)14(29)6-22(37-20,21(34)35)36-10-13(28)7-24/h1-4,13-15,18-20,27-30,33H,5-10,24H2,(H,25,31)(H,26,32)(H,34,35)/t13?,14-,15+,18+,19+,20+,22+/m0/s1. The topological polar surface area (TPSA) is 241 Å². The summed E-state index contributed by atoms with van der Waals surface area (Å²) in [5.41, 5.74) is 5.93. The number of aliphatic carboxylic acids is 1. The molecule has 2 rings (SSSR count). The van der Waals surface area contributed by atoms with E-state index in [0.29, 0.717) is 10.6 Å². The first-order valence-corrected chi connectivity index (χ1v) is 11.7. The number of nitrogens with two attached hydrogens (primary N) is 1. The van der Waals surface area contributed by atoms with Gasteiger partial charge in [-0.25, -0.2) is 4.79 Å². The number of rotatable bonds is 13. The fraction of sp³-hybridized carbons (Fsp3) is 0.591. The summed E-state index contributed by atoms with van der Waals surface area (Å²) >= 11 is 5.81. The Morgan fingerprint density at radius 2 is 1.84 bits per heavy atom. The van der Waals surface area contributed by atoms with Crippen molar-refractivity contribution in [3.05, 3.63) is 34.9 Å². The zero-order valence-corrected chi connectivity index (χ0v) is 20.5. The van der Waals surface area contributed by atoms with Crippen molar-refractivity contribution >= 4 is 29.4 Å². The third-order valence-corrected chi connectivity index (χ3v) is 5.92. The van der Waals surface area contributed by atoms with Crippen LogP contribution in [0.25, 0.3) is 0 Å². The van der Waals surface area contributed by atoms with Crippen LogP contribution in [-0.4, -0.2) is 117 Å². The van der Waals surface area contributed by atoms with Crippen molar-refractivity contribution in [2.75, 3.05) is 26.3 Å². The molecule has 14 nitrogen and oxygen atoms in total. The van der Waals surface area contributed by atoms with Crippen molar-refractivity contribution in [1.82, 2.24) is 10.6 Å². The molecule has 15 heteroatoms. The lowest BCUT2D eigenvalue weighted by Gasteiger charge is -2.46. The smallest absolute Gasteiger partial charge is 0.364 e. The number of amides is 2. The third-order valence-electron chi connectivity index (χ3n) is 5.67. The average Bonchev–Trinajstić information content (AvgIpc) is 2.87. The summed E-state index contributed by atoms with van der Waals surface area (Å²) in [5.74, 6) is -5.79. The van der Waals surface area contributed by atoms with E-state index >= 15 is 0 Å². The summed E-state index contributed by atoms with van der Waals surface area (Å²) in [4.78, 5) is 36.1. The van der Waals surface area contributed by atoms with Crippen LogP contribution in [0.3, 0.4) is 0 Å². The van der Waals surface area contributed by atoms with Gasteiger partial charge in [0.05, 0.1) is 37.4 Å². The van der Waals surface area contributed by atoms with Crippen molar-refractivity contribution in [2.45, 2.75) is 55.2 Å². The number of hydrogen-bond donors (Lipinski definition) is 9. The predicted molar refractivity (Wildman–Crippen MR) is 126 cm³/mol. The molecule has 1 aliphatic rings. The quantitative estimate of drug-likeness (QED) is 0.116. The maximum atomic E-state index is 12.2. The molecule has 0 spiro atoms. The summed E-state index contributed by atoms with van der Waals surface area (Å²) in [6.45, 7) is -2.36. The minimum absolute atomic E-state index is 0.0623. The minimum atomic E-state index is -2.58. The van der Waals surface area contributed by atoms with Crippen molar-refractivity contribution < 1.29 is 54.5 Å². The van der Waals surface area contributed by atoms with Crippen LogP contribution < -0.4 is 16.4 Å². The fourth-order valence-corrected chi connectivity index (χ4v) is 3.78. The van der Waals surface area contributed by atoms with E-state index in [-0.39, 0.29) is 13.0 Å². The summed E-state index contributed by atoms with van der Waals surface area (Å²) in [6, 6.07) is 4.97. The summed E-state index contributed by atoms with van der Waals surface area (Å²) < 4.78 is 10.7. The SMILES string of the molecule is NCC(O)CO[C@]1(C(=O)O)C[C@H](O)[C@@H](NC(=O)CO)[C@H]([C@H](O)[C@H](O)CNC(=O)Cc2ccc(Cl)cc2)O1. The Balaban J connectivity index is 2.17. The number of carbonyl (C=O) groups is 3. The number of carbonyl (C=O) groups excluding carboxylic acids is 2. The molecule has 1 aromatic rings. The molecule has 1 aliphatic heterocycles. The van der Waals surface area contributed by atoms with Crippen molar-refractivity contribution in [2.24, 2.45) is 5.73 Å². The molecule has 10 N–H and O–H groups in total. The van der Waals surface area contributed by atoms with Gasteiger partial charge in [0, 0.05) is 24.5 Å². The number of benzene rings is 1. The molecule has 1 saturated heterocycles. The predicted octanol–water partition coefficient (Wildman–Crippen LogP) is -3.54. The Kier molecular flexibility index (Phi) is 11.6. The molecule has 37 heavy (non-hydrogen) atoms. The van der Waals surface area contributed by atoms with Gasteiger partial charge in [-0.3, -0.25) is 9.59 Å². The van der Waals surface area contributed by atoms with E-state index in [2.05, 4.69) is 10.6 Å². The number of nitrogens with one attached hydrogen (secondary N) is 2. The Bertz CT molecular complexity index is 922. The second kappa shape index (κ2) is 13.9. The number of aliphatic hydroxyl groups excluding tert-OH is 5. The zero-order chi connectivity index (χ0) is 27.8. The number of ether oxygens (including phenoxy) is 2. The van der Waals surface area contributed by atoms with Gasteiger partial charge in [-0.15, -0.1) is 0 Å². The van der Waals surface area contributed by atoms with Gasteiger partial charge in [0.2, 0.25) is 11.8 Å². The molecule has 1 aromatic carbocycles. The molecule has 2 amide bonds. The molecular formula is C22H32ClN3O11. The van der Waals surface area contributed by atoms with Crippen LogP contribution in [0.5, 0.6) is 0 Å². The van der Waals surface area contributed by atoms with Gasteiger partial charge in [-0.1, -0.05) is 23.7 Å². The second-order valence-corrected chi connectivity index (χ2v) is 8.97. The molecule has 1 fully saturated rings. The molecule has 1 heterocycles. The van der Waals surface area contributed by atoms with Gasteiger partial charge in [0.15, 0.2) is 0 Å². The lowest BCUT2D eigenvalue weighted by molar-refractivity contribution is -0.314. The van der Waals surface area contributed by atoms with E-state index in [4.69, 9.17) is 31.9 Å². The molecule has 0 aliphatic carbocycles. The van der Waals surface area contributed by atoms with Crippen LogP contribution in [0.1, 0.15) is 12.0 Å².